The monoisotopic (exact) mass is 495 g/mol. The number of nitrogens with zero attached hydrogens (tertiary/aromatic N) is 1. The molecule has 1 amide bonds. The van der Waals surface area contributed by atoms with Crippen molar-refractivity contribution >= 4 is 17.4 Å². The van der Waals surface area contributed by atoms with Crippen molar-refractivity contribution in [1.29, 1.82) is 0 Å². The average molecular weight is 496 g/mol. The fourth-order valence-corrected chi connectivity index (χ4v) is 4.50. The number of methoxy groups -OCH3 is 1. The van der Waals surface area contributed by atoms with Crippen molar-refractivity contribution in [3.8, 4) is 17.2 Å². The zero-order valence-electron chi connectivity index (χ0n) is 20.8. The van der Waals surface area contributed by atoms with Gasteiger partial charge in [0.25, 0.3) is 11.7 Å². The number of benzene rings is 2. The second-order valence-electron chi connectivity index (χ2n) is 8.83. The number of amides is 1. The summed E-state index contributed by atoms with van der Waals surface area (Å²) in [6.45, 7) is 4.31. The normalized spacial score (nSPS) is 18.5. The van der Waals surface area contributed by atoms with E-state index in [2.05, 4.69) is 6.92 Å². The van der Waals surface area contributed by atoms with E-state index in [1.807, 2.05) is 24.3 Å². The summed E-state index contributed by atoms with van der Waals surface area (Å²) < 4.78 is 22.3. The second-order valence-corrected chi connectivity index (χ2v) is 8.83. The van der Waals surface area contributed by atoms with Gasteiger partial charge in [-0.15, -0.1) is 0 Å². The van der Waals surface area contributed by atoms with Crippen LogP contribution in [0.15, 0.2) is 48.0 Å². The number of ketones is 1. The van der Waals surface area contributed by atoms with E-state index in [4.69, 9.17) is 18.9 Å². The van der Waals surface area contributed by atoms with Gasteiger partial charge in [0.1, 0.15) is 24.7 Å². The molecule has 192 valence electrons. The van der Waals surface area contributed by atoms with Crippen LogP contribution in [0.25, 0.3) is 5.76 Å². The summed E-state index contributed by atoms with van der Waals surface area (Å²) in [6, 6.07) is 11.6. The molecule has 1 N–H and O–H groups in total. The Bertz CT molecular complexity index is 1130. The molecule has 0 aliphatic carbocycles. The smallest absolute Gasteiger partial charge is 0.295 e. The standard InChI is InChI=1S/C28H33NO7/c1-3-4-5-14-34-21-9-6-8-19(17-21)25-24(27(31)28(32)29(25)12-7-13-33-2)26(30)20-10-11-22-23(18-20)36-16-15-35-22/h6,8-11,17-18,25,30H,3-5,7,12-16H2,1-2H3/b26-24+/t25-/m1/s1. The van der Waals surface area contributed by atoms with Crippen LogP contribution in [-0.2, 0) is 14.3 Å². The van der Waals surface area contributed by atoms with E-state index in [0.717, 1.165) is 19.3 Å². The molecule has 1 saturated heterocycles. The summed E-state index contributed by atoms with van der Waals surface area (Å²) in [5.41, 5.74) is 1.11. The Hall–Kier alpha value is -3.52. The molecular weight excluding hydrogens is 462 g/mol. The Kier molecular flexibility index (Phi) is 8.48. The topological polar surface area (TPSA) is 94.5 Å². The number of aliphatic hydroxyl groups is 1. The van der Waals surface area contributed by atoms with Crippen molar-refractivity contribution in [1.82, 2.24) is 4.90 Å². The maximum absolute atomic E-state index is 13.2. The summed E-state index contributed by atoms with van der Waals surface area (Å²) in [5.74, 6) is 0.0914. The summed E-state index contributed by atoms with van der Waals surface area (Å²) in [7, 11) is 1.59. The maximum Gasteiger partial charge on any atom is 0.295 e. The molecule has 8 heteroatoms. The van der Waals surface area contributed by atoms with Gasteiger partial charge in [-0.1, -0.05) is 31.9 Å². The van der Waals surface area contributed by atoms with E-state index in [0.29, 0.717) is 67.8 Å². The lowest BCUT2D eigenvalue weighted by Crippen LogP contribution is -2.31. The molecule has 8 nitrogen and oxygen atoms in total. The summed E-state index contributed by atoms with van der Waals surface area (Å²) in [4.78, 5) is 27.8. The minimum Gasteiger partial charge on any atom is -0.507 e. The zero-order valence-corrected chi connectivity index (χ0v) is 20.8. The largest absolute Gasteiger partial charge is 0.507 e. The first-order chi connectivity index (χ1) is 17.5. The number of hydrogen-bond acceptors (Lipinski definition) is 7. The number of Topliss-reactive ketones (excluding diaryl/α,β-unsaturated/α-hetero) is 1. The summed E-state index contributed by atoms with van der Waals surface area (Å²) in [6.07, 6.45) is 3.67. The van der Waals surface area contributed by atoms with Crippen LogP contribution in [0.4, 0.5) is 0 Å². The average Bonchev–Trinajstić information content (AvgIpc) is 3.16. The fraction of sp³-hybridized carbons (Fsp3) is 0.429. The van der Waals surface area contributed by atoms with Crippen LogP contribution in [0.2, 0.25) is 0 Å². The van der Waals surface area contributed by atoms with Crippen LogP contribution in [0.5, 0.6) is 17.2 Å². The van der Waals surface area contributed by atoms with Gasteiger partial charge in [0.15, 0.2) is 11.5 Å². The van der Waals surface area contributed by atoms with Crippen LogP contribution in [0.3, 0.4) is 0 Å². The summed E-state index contributed by atoms with van der Waals surface area (Å²) >= 11 is 0. The van der Waals surface area contributed by atoms with E-state index in [1.165, 1.54) is 4.90 Å². The first-order valence-corrected chi connectivity index (χ1v) is 12.4. The third-order valence-electron chi connectivity index (χ3n) is 6.29. The molecule has 1 fully saturated rings. The Labute approximate surface area is 211 Å². The molecule has 2 heterocycles. The van der Waals surface area contributed by atoms with Crippen molar-refractivity contribution in [3.63, 3.8) is 0 Å². The molecule has 0 radical (unpaired) electrons. The van der Waals surface area contributed by atoms with Gasteiger partial charge in [0, 0.05) is 25.8 Å². The van der Waals surface area contributed by atoms with Crippen LogP contribution in [0.1, 0.15) is 49.8 Å². The van der Waals surface area contributed by atoms with Crippen LogP contribution >= 0.6 is 0 Å². The number of likely N-dealkylation sites (tertiary alicyclic amines) is 1. The molecule has 36 heavy (non-hydrogen) atoms. The first-order valence-electron chi connectivity index (χ1n) is 12.4. The number of aliphatic hydroxyl groups excluding tert-OH is 1. The third-order valence-corrected chi connectivity index (χ3v) is 6.29. The molecule has 0 aromatic heterocycles. The van der Waals surface area contributed by atoms with Gasteiger partial charge in [-0.2, -0.15) is 0 Å². The second kappa shape index (κ2) is 11.9. The van der Waals surface area contributed by atoms with Gasteiger partial charge < -0.3 is 29.0 Å². The van der Waals surface area contributed by atoms with Gasteiger partial charge in [-0.25, -0.2) is 0 Å². The Morgan fingerprint density at radius 3 is 2.61 bits per heavy atom. The molecule has 2 aliphatic heterocycles. The van der Waals surface area contributed by atoms with E-state index >= 15 is 0 Å². The first kappa shape index (κ1) is 25.6. The van der Waals surface area contributed by atoms with Crippen LogP contribution in [-0.4, -0.2) is 61.8 Å². The summed E-state index contributed by atoms with van der Waals surface area (Å²) in [5, 5.41) is 11.3. The van der Waals surface area contributed by atoms with Gasteiger partial charge in [-0.3, -0.25) is 9.59 Å². The number of fused-ring (bicyclic) bond motifs is 1. The number of rotatable bonds is 11. The number of carbonyl (C=O) groups is 2. The van der Waals surface area contributed by atoms with E-state index in [1.54, 1.807) is 25.3 Å². The molecule has 0 spiro atoms. The fourth-order valence-electron chi connectivity index (χ4n) is 4.50. The highest BCUT2D eigenvalue weighted by Crippen LogP contribution is 2.41. The Morgan fingerprint density at radius 2 is 1.83 bits per heavy atom. The molecule has 0 unspecified atom stereocenters. The van der Waals surface area contributed by atoms with Crippen molar-refractivity contribution in [2.75, 3.05) is 40.1 Å². The molecule has 2 aliphatic rings. The van der Waals surface area contributed by atoms with Gasteiger partial charge in [0.2, 0.25) is 0 Å². The van der Waals surface area contributed by atoms with Crippen molar-refractivity contribution in [2.45, 2.75) is 38.6 Å². The number of unbranched alkanes of at least 4 members (excludes halogenated alkanes) is 2. The molecule has 2 aromatic carbocycles. The Balaban J connectivity index is 1.73. The molecule has 0 saturated carbocycles. The lowest BCUT2D eigenvalue weighted by molar-refractivity contribution is -0.140. The Morgan fingerprint density at radius 1 is 1.03 bits per heavy atom. The number of hydrogen-bond donors (Lipinski definition) is 1. The molecule has 4 rings (SSSR count). The SMILES string of the molecule is CCCCCOc1cccc([C@@H]2/C(=C(\O)c3ccc4c(c3)OCCO4)C(=O)C(=O)N2CCCOC)c1. The van der Waals surface area contributed by atoms with Crippen LogP contribution in [0, 0.1) is 0 Å². The zero-order chi connectivity index (χ0) is 25.5. The van der Waals surface area contributed by atoms with Gasteiger partial charge >= 0.3 is 0 Å². The minimum atomic E-state index is -0.755. The molecule has 2 aromatic rings. The van der Waals surface area contributed by atoms with Crippen molar-refractivity contribution in [2.24, 2.45) is 0 Å². The molecule has 1 atom stereocenters. The van der Waals surface area contributed by atoms with Crippen molar-refractivity contribution in [3.05, 3.63) is 59.2 Å². The van der Waals surface area contributed by atoms with Crippen LogP contribution < -0.4 is 14.2 Å². The highest BCUT2D eigenvalue weighted by atomic mass is 16.6. The lowest BCUT2D eigenvalue weighted by Gasteiger charge is -2.26. The predicted octanol–water partition coefficient (Wildman–Crippen LogP) is 4.49. The van der Waals surface area contributed by atoms with E-state index in [-0.39, 0.29) is 11.3 Å². The minimum absolute atomic E-state index is 0.0391. The van der Waals surface area contributed by atoms with Gasteiger partial charge in [-0.05, 0) is 48.7 Å². The van der Waals surface area contributed by atoms with E-state index < -0.39 is 17.7 Å². The predicted molar refractivity (Wildman–Crippen MR) is 134 cm³/mol. The molecule has 0 bridgehead atoms. The highest BCUT2D eigenvalue weighted by molar-refractivity contribution is 6.46. The quantitative estimate of drug-likeness (QED) is 0.212. The highest BCUT2D eigenvalue weighted by Gasteiger charge is 2.46. The van der Waals surface area contributed by atoms with Crippen molar-refractivity contribution < 1.29 is 33.6 Å². The number of carbonyl (C=O) groups excluding carboxylic acids is 2. The third kappa shape index (κ3) is 5.49. The van der Waals surface area contributed by atoms with E-state index in [9.17, 15) is 14.7 Å². The molecular formula is C28H33NO7. The lowest BCUT2D eigenvalue weighted by atomic mass is 9.95. The van der Waals surface area contributed by atoms with Gasteiger partial charge in [0.05, 0.1) is 18.2 Å². The number of ether oxygens (including phenoxy) is 4. The maximum atomic E-state index is 13.2.